The van der Waals surface area contributed by atoms with Crippen LogP contribution in [0.2, 0.25) is 0 Å². The molecule has 0 spiro atoms. The summed E-state index contributed by atoms with van der Waals surface area (Å²) in [6.45, 7) is 0. The molecule has 1 aliphatic rings. The number of nitrogens with one attached hydrogen (secondary N) is 3. The van der Waals surface area contributed by atoms with Gasteiger partial charge in [0.1, 0.15) is 17.8 Å². The third-order valence-electron chi connectivity index (χ3n) is 6.25. The van der Waals surface area contributed by atoms with Crippen molar-refractivity contribution in [1.82, 2.24) is 30.5 Å². The number of rotatable bonds is 6. The molecule has 1 aliphatic carbocycles. The van der Waals surface area contributed by atoms with E-state index < -0.39 is 18.1 Å². The molecule has 2 atom stereocenters. The number of nitrogens with zero attached hydrogens (tertiary/aromatic N) is 3. The van der Waals surface area contributed by atoms with E-state index in [0.29, 0.717) is 11.3 Å². The van der Waals surface area contributed by atoms with Crippen LogP contribution in [-0.2, 0) is 4.79 Å². The molecule has 0 radical (unpaired) electrons. The lowest BCUT2D eigenvalue weighted by Crippen LogP contribution is -2.45. The van der Waals surface area contributed by atoms with Gasteiger partial charge >= 0.3 is 0 Å². The maximum Gasteiger partial charge on any atom is 0.252 e. The van der Waals surface area contributed by atoms with Gasteiger partial charge in [-0.3, -0.25) is 9.89 Å². The first-order valence-electron chi connectivity index (χ1n) is 11.2. The highest BCUT2D eigenvalue weighted by Crippen LogP contribution is 2.32. The summed E-state index contributed by atoms with van der Waals surface area (Å²) in [6.07, 6.45) is 0.161. The van der Waals surface area contributed by atoms with E-state index in [2.05, 4.69) is 30.5 Å². The molecule has 2 heterocycles. The Balaban J connectivity index is 1.15. The first kappa shape index (κ1) is 21.3. The number of benzene rings is 2. The average Bonchev–Trinajstić information content (AvgIpc) is 3.52. The van der Waals surface area contributed by atoms with Crippen LogP contribution in [0.4, 0.5) is 0 Å². The smallest absolute Gasteiger partial charge is 0.252 e. The lowest BCUT2D eigenvalue weighted by molar-refractivity contribution is -0.136. The van der Waals surface area contributed by atoms with Crippen LogP contribution in [0.5, 0.6) is 0 Å². The normalized spacial score (nSPS) is 20.4. The van der Waals surface area contributed by atoms with E-state index in [9.17, 15) is 15.0 Å². The molecule has 0 aliphatic heterocycles. The molecular formula is C24H26N6O3. The van der Waals surface area contributed by atoms with Crippen molar-refractivity contribution in [3.05, 3.63) is 66.2 Å². The number of aromatic nitrogens is 5. The highest BCUT2D eigenvalue weighted by molar-refractivity contribution is 5.82. The van der Waals surface area contributed by atoms with E-state index in [-0.39, 0.29) is 17.8 Å². The fraction of sp³-hybridized carbons (Fsp3) is 0.333. The monoisotopic (exact) mass is 446 g/mol. The fourth-order valence-corrected chi connectivity index (χ4v) is 4.38. The molecule has 2 aromatic carbocycles. The number of carbonyl (C=O) groups is 1. The van der Waals surface area contributed by atoms with Crippen LogP contribution >= 0.6 is 0 Å². The van der Waals surface area contributed by atoms with Crippen LogP contribution in [0.15, 0.2) is 54.6 Å². The predicted octanol–water partition coefficient (Wildman–Crippen LogP) is 2.58. The summed E-state index contributed by atoms with van der Waals surface area (Å²) in [4.78, 5) is 24.4. The van der Waals surface area contributed by atoms with Crippen molar-refractivity contribution in [2.45, 2.75) is 49.9 Å². The fourth-order valence-electron chi connectivity index (χ4n) is 4.38. The minimum Gasteiger partial charge on any atom is -0.382 e. The third-order valence-corrected chi connectivity index (χ3v) is 6.25. The number of H-pyrrole nitrogens is 2. The zero-order chi connectivity index (χ0) is 22.8. The van der Waals surface area contributed by atoms with Crippen molar-refractivity contribution < 1.29 is 15.0 Å². The highest BCUT2D eigenvalue weighted by atomic mass is 16.3. The third kappa shape index (κ3) is 4.50. The molecular weight excluding hydrogens is 420 g/mol. The molecule has 1 saturated carbocycles. The zero-order valence-electron chi connectivity index (χ0n) is 18.0. The van der Waals surface area contributed by atoms with Gasteiger partial charge in [-0.1, -0.05) is 42.5 Å². The molecule has 4 aromatic rings. The van der Waals surface area contributed by atoms with E-state index >= 15 is 0 Å². The van der Waals surface area contributed by atoms with Crippen molar-refractivity contribution in [3.63, 3.8) is 0 Å². The van der Waals surface area contributed by atoms with Crippen LogP contribution in [-0.4, -0.2) is 53.4 Å². The largest absolute Gasteiger partial charge is 0.382 e. The van der Waals surface area contributed by atoms with Gasteiger partial charge in [0.25, 0.3) is 5.91 Å². The Morgan fingerprint density at radius 2 is 1.70 bits per heavy atom. The topological polar surface area (TPSA) is 140 Å². The summed E-state index contributed by atoms with van der Waals surface area (Å²) in [5.74, 6) is 1.36. The number of aromatic amines is 2. The Bertz CT molecular complexity index is 1200. The molecule has 5 N–H and O–H groups in total. The lowest BCUT2D eigenvalue weighted by Gasteiger charge is -2.29. The quantitative estimate of drug-likeness (QED) is 0.308. The summed E-state index contributed by atoms with van der Waals surface area (Å²) < 4.78 is 0. The van der Waals surface area contributed by atoms with Gasteiger partial charge in [-0.05, 0) is 37.8 Å². The summed E-state index contributed by atoms with van der Waals surface area (Å²) in [5, 5.41) is 31.1. The second-order valence-corrected chi connectivity index (χ2v) is 8.50. The SMILES string of the molecule is O=C(NC1CCC(c2nc(-c3ccccc3)n[nH]2)CC1)C(O)C(O)c1nc2ccccc2[nH]1. The van der Waals surface area contributed by atoms with Crippen LogP contribution < -0.4 is 5.32 Å². The first-order chi connectivity index (χ1) is 16.1. The number of aliphatic hydroxyl groups is 2. The van der Waals surface area contributed by atoms with Gasteiger partial charge < -0.3 is 20.5 Å². The number of fused-ring (bicyclic) bond motifs is 1. The molecule has 2 unspecified atom stereocenters. The van der Waals surface area contributed by atoms with E-state index in [1.807, 2.05) is 48.5 Å². The highest BCUT2D eigenvalue weighted by Gasteiger charge is 2.31. The molecule has 0 bridgehead atoms. The van der Waals surface area contributed by atoms with Gasteiger partial charge in [0.2, 0.25) is 0 Å². The van der Waals surface area contributed by atoms with Crippen LogP contribution in [0.1, 0.15) is 49.4 Å². The summed E-state index contributed by atoms with van der Waals surface area (Å²) in [5.41, 5.74) is 2.37. The van der Waals surface area contributed by atoms with Crippen molar-refractivity contribution in [1.29, 1.82) is 0 Å². The van der Waals surface area contributed by atoms with Gasteiger partial charge in [-0.15, -0.1) is 0 Å². The van der Waals surface area contributed by atoms with Crippen molar-refractivity contribution in [3.8, 4) is 11.4 Å². The van der Waals surface area contributed by atoms with E-state index in [1.165, 1.54) is 0 Å². The lowest BCUT2D eigenvalue weighted by atomic mass is 9.85. The van der Waals surface area contributed by atoms with Crippen molar-refractivity contribution in [2.24, 2.45) is 0 Å². The molecule has 1 fully saturated rings. The summed E-state index contributed by atoms with van der Waals surface area (Å²) in [6, 6.07) is 17.1. The van der Waals surface area contributed by atoms with E-state index in [4.69, 9.17) is 0 Å². The predicted molar refractivity (Wildman–Crippen MR) is 122 cm³/mol. The number of carbonyl (C=O) groups excluding carboxylic acids is 1. The Morgan fingerprint density at radius 3 is 2.45 bits per heavy atom. The van der Waals surface area contributed by atoms with Gasteiger partial charge in [0.05, 0.1) is 11.0 Å². The summed E-state index contributed by atoms with van der Waals surface area (Å²) >= 11 is 0. The molecule has 2 aromatic heterocycles. The molecule has 33 heavy (non-hydrogen) atoms. The van der Waals surface area contributed by atoms with Crippen molar-refractivity contribution >= 4 is 16.9 Å². The number of para-hydroxylation sites is 2. The van der Waals surface area contributed by atoms with Gasteiger partial charge in [-0.2, -0.15) is 5.10 Å². The van der Waals surface area contributed by atoms with Gasteiger partial charge in [-0.25, -0.2) is 9.97 Å². The first-order valence-corrected chi connectivity index (χ1v) is 11.2. The Morgan fingerprint density at radius 1 is 0.970 bits per heavy atom. The summed E-state index contributed by atoms with van der Waals surface area (Å²) in [7, 11) is 0. The number of hydrogen-bond donors (Lipinski definition) is 5. The number of hydrogen-bond acceptors (Lipinski definition) is 6. The molecule has 170 valence electrons. The van der Waals surface area contributed by atoms with Gasteiger partial charge in [0, 0.05) is 17.5 Å². The van der Waals surface area contributed by atoms with E-state index in [0.717, 1.165) is 42.6 Å². The number of aliphatic hydroxyl groups excluding tert-OH is 2. The van der Waals surface area contributed by atoms with Crippen LogP contribution in [0.3, 0.4) is 0 Å². The molecule has 9 nitrogen and oxygen atoms in total. The average molecular weight is 447 g/mol. The number of amides is 1. The van der Waals surface area contributed by atoms with Crippen LogP contribution in [0.25, 0.3) is 22.4 Å². The van der Waals surface area contributed by atoms with E-state index in [1.54, 1.807) is 6.07 Å². The molecule has 9 heteroatoms. The molecule has 5 rings (SSSR count). The minimum atomic E-state index is -1.61. The van der Waals surface area contributed by atoms with Crippen LogP contribution in [0, 0.1) is 0 Å². The standard InChI is InChI=1S/C24H26N6O3/c31-19(23-26-17-8-4-5-9-18(17)27-23)20(32)24(33)25-16-12-10-15(11-13-16)22-28-21(29-30-22)14-6-2-1-3-7-14/h1-9,15-16,19-20,31-32H,10-13H2,(H,25,33)(H,26,27)(H,28,29,30). The molecule has 1 amide bonds. The maximum absolute atomic E-state index is 12.6. The van der Waals surface area contributed by atoms with Crippen molar-refractivity contribution in [2.75, 3.05) is 0 Å². The molecule has 0 saturated heterocycles. The minimum absolute atomic E-state index is 0.0669. The maximum atomic E-state index is 12.6. The number of imidazole rings is 1. The van der Waals surface area contributed by atoms with Gasteiger partial charge in [0.15, 0.2) is 11.9 Å². The second-order valence-electron chi connectivity index (χ2n) is 8.50. The Kier molecular flexibility index (Phi) is 5.89. The Labute approximate surface area is 190 Å². The second kappa shape index (κ2) is 9.13. The zero-order valence-corrected chi connectivity index (χ0v) is 18.0. The Hall–Kier alpha value is -3.56.